The molecule has 4 nitrogen and oxygen atoms in total. The molecule has 124 valence electrons. The molecule has 0 aliphatic rings. The molecule has 23 heavy (non-hydrogen) atoms. The molecule has 0 bridgehead atoms. The maximum atomic E-state index is 8.93. The average molecular weight is 576 g/mol. The summed E-state index contributed by atoms with van der Waals surface area (Å²) in [7, 11) is 0. The molecule has 0 atom stereocenters. The van der Waals surface area contributed by atoms with Gasteiger partial charge in [0.15, 0.2) is 11.5 Å². The molecule has 2 aromatic carbocycles. The number of rotatable bonds is 4. The van der Waals surface area contributed by atoms with Gasteiger partial charge in [-0.1, -0.05) is 13.8 Å². The Morgan fingerprint density at radius 1 is 0.696 bits per heavy atom. The van der Waals surface area contributed by atoms with Crippen molar-refractivity contribution in [2.24, 2.45) is 0 Å². The van der Waals surface area contributed by atoms with Crippen molar-refractivity contribution in [1.29, 1.82) is 0 Å². The van der Waals surface area contributed by atoms with Crippen LogP contribution in [0.4, 0.5) is 0 Å². The minimum Gasteiger partial charge on any atom is -0.338 e. The molecule has 0 saturated heterocycles. The fourth-order valence-electron chi connectivity index (χ4n) is 2.18. The quantitative estimate of drug-likeness (QED) is 0.312. The highest BCUT2D eigenvalue weighted by atomic mass is 79.9. The van der Waals surface area contributed by atoms with E-state index < -0.39 is 0 Å². The minimum atomic E-state index is -0.363. The van der Waals surface area contributed by atoms with Gasteiger partial charge in [0.25, 0.3) is 0 Å². The van der Waals surface area contributed by atoms with Crippen molar-refractivity contribution in [1.82, 2.24) is 0 Å². The first-order valence-electron chi connectivity index (χ1n) is 6.34. The lowest BCUT2D eigenvalue weighted by molar-refractivity contribution is -0.139. The lowest BCUT2D eigenvalue weighted by Crippen LogP contribution is -2.19. The van der Waals surface area contributed by atoms with Crippen molar-refractivity contribution in [3.8, 4) is 11.5 Å². The monoisotopic (exact) mass is 572 g/mol. The molecule has 0 radical (unpaired) electrons. The zero-order chi connectivity index (χ0) is 17.4. The maximum absolute atomic E-state index is 8.93. The summed E-state index contributed by atoms with van der Waals surface area (Å²) < 4.78 is 2.52. The summed E-state index contributed by atoms with van der Waals surface area (Å²) in [5.41, 5.74) is 1.62. The van der Waals surface area contributed by atoms with Crippen LogP contribution in [0.15, 0.2) is 42.2 Å². The Kier molecular flexibility index (Phi) is 6.19. The number of benzene rings is 2. The summed E-state index contributed by atoms with van der Waals surface area (Å²) in [5, 5.41) is 17.9. The standard InChI is InChI=1S/C15H12Br4O4/c1-15(2,7-3-9(16)13(22-20)10(17)4-7)8-5-11(18)14(23-21)12(19)6-8/h3-6,20-21H,1-2H3. The molecule has 2 rings (SSSR count). The summed E-state index contributed by atoms with van der Waals surface area (Å²) in [6.45, 7) is 4.13. The van der Waals surface area contributed by atoms with Crippen LogP contribution in [0, 0.1) is 0 Å². The van der Waals surface area contributed by atoms with Gasteiger partial charge >= 0.3 is 0 Å². The normalized spacial score (nSPS) is 11.5. The number of hydrogen-bond donors (Lipinski definition) is 2. The Morgan fingerprint density at radius 3 is 1.17 bits per heavy atom. The van der Waals surface area contributed by atoms with Gasteiger partial charge in [-0.05, 0) is 99.1 Å². The van der Waals surface area contributed by atoms with Crippen molar-refractivity contribution in [2.45, 2.75) is 19.3 Å². The van der Waals surface area contributed by atoms with Crippen LogP contribution in [0.1, 0.15) is 25.0 Å². The molecule has 0 aliphatic heterocycles. The van der Waals surface area contributed by atoms with Gasteiger partial charge in [0.05, 0.1) is 17.9 Å². The van der Waals surface area contributed by atoms with Crippen LogP contribution in [0.2, 0.25) is 0 Å². The molecule has 0 unspecified atom stereocenters. The Hall–Kier alpha value is -0.120. The molecule has 2 N–H and O–H groups in total. The Bertz CT molecular complexity index is 639. The third-order valence-corrected chi connectivity index (χ3v) is 5.98. The Labute approximate surface area is 167 Å². The van der Waals surface area contributed by atoms with Crippen LogP contribution >= 0.6 is 63.7 Å². The zero-order valence-corrected chi connectivity index (χ0v) is 18.4. The Balaban J connectivity index is 2.59. The first kappa shape index (κ1) is 19.2. The second-order valence-electron chi connectivity index (χ2n) is 5.35. The molecule has 8 heteroatoms. The van der Waals surface area contributed by atoms with E-state index in [-0.39, 0.29) is 5.41 Å². The predicted octanol–water partition coefficient (Wildman–Crippen LogP) is 6.77. The van der Waals surface area contributed by atoms with E-state index in [2.05, 4.69) is 87.3 Å². The van der Waals surface area contributed by atoms with Crippen molar-refractivity contribution in [2.75, 3.05) is 0 Å². The fourth-order valence-corrected chi connectivity index (χ4v) is 4.85. The van der Waals surface area contributed by atoms with Gasteiger partial charge in [0.2, 0.25) is 0 Å². The third-order valence-electron chi connectivity index (χ3n) is 3.62. The van der Waals surface area contributed by atoms with Gasteiger partial charge in [-0.25, -0.2) is 10.5 Å². The molecule has 0 spiro atoms. The topological polar surface area (TPSA) is 58.9 Å². The molecule has 0 saturated carbocycles. The highest BCUT2D eigenvalue weighted by molar-refractivity contribution is 9.11. The molecular weight excluding hydrogens is 564 g/mol. The fraction of sp³-hybridized carbons (Fsp3) is 0.200. The molecule has 2 aromatic rings. The van der Waals surface area contributed by atoms with Crippen molar-refractivity contribution < 1.29 is 20.3 Å². The van der Waals surface area contributed by atoms with Crippen LogP contribution in [-0.2, 0) is 5.41 Å². The van der Waals surface area contributed by atoms with E-state index in [1.807, 2.05) is 24.3 Å². The smallest absolute Gasteiger partial charge is 0.193 e. The van der Waals surface area contributed by atoms with Crippen LogP contribution in [0.25, 0.3) is 0 Å². The molecule has 0 aromatic heterocycles. The van der Waals surface area contributed by atoms with Crippen molar-refractivity contribution in [3.63, 3.8) is 0 Å². The first-order valence-corrected chi connectivity index (χ1v) is 9.51. The first-order chi connectivity index (χ1) is 10.7. The number of hydrogen-bond acceptors (Lipinski definition) is 4. The lowest BCUT2D eigenvalue weighted by atomic mass is 9.78. The summed E-state index contributed by atoms with van der Waals surface area (Å²) in [5.74, 6) is 0.631. The van der Waals surface area contributed by atoms with E-state index in [0.29, 0.717) is 29.4 Å². The van der Waals surface area contributed by atoms with E-state index >= 15 is 0 Å². The van der Waals surface area contributed by atoms with E-state index in [1.54, 1.807) is 0 Å². The van der Waals surface area contributed by atoms with Gasteiger partial charge in [0, 0.05) is 5.41 Å². The maximum Gasteiger partial charge on any atom is 0.193 e. The summed E-state index contributed by atoms with van der Waals surface area (Å²) >= 11 is 13.6. The van der Waals surface area contributed by atoms with Crippen LogP contribution in [0.3, 0.4) is 0 Å². The van der Waals surface area contributed by atoms with Crippen LogP contribution in [0.5, 0.6) is 11.5 Å². The zero-order valence-electron chi connectivity index (χ0n) is 12.0. The van der Waals surface area contributed by atoms with Gasteiger partial charge in [0.1, 0.15) is 0 Å². The lowest BCUT2D eigenvalue weighted by Gasteiger charge is -2.28. The second kappa shape index (κ2) is 7.41. The number of halogens is 4. The van der Waals surface area contributed by atoms with Crippen molar-refractivity contribution in [3.05, 3.63) is 53.3 Å². The van der Waals surface area contributed by atoms with Gasteiger partial charge in [-0.15, -0.1) is 0 Å². The van der Waals surface area contributed by atoms with Gasteiger partial charge in [-0.2, -0.15) is 0 Å². The summed E-state index contributed by atoms with van der Waals surface area (Å²) in [4.78, 5) is 8.73. The molecule has 0 heterocycles. The molecule has 0 fully saturated rings. The highest BCUT2D eigenvalue weighted by Gasteiger charge is 2.27. The minimum absolute atomic E-state index is 0.316. The SMILES string of the molecule is CC(C)(c1cc(Br)c(OO)c(Br)c1)c1cc(Br)c(OO)c(Br)c1. The van der Waals surface area contributed by atoms with E-state index in [0.717, 1.165) is 11.1 Å². The summed E-state index contributed by atoms with van der Waals surface area (Å²) in [6.07, 6.45) is 0. The van der Waals surface area contributed by atoms with E-state index in [4.69, 9.17) is 10.5 Å². The average Bonchev–Trinajstić information content (AvgIpc) is 2.46. The van der Waals surface area contributed by atoms with Gasteiger partial charge < -0.3 is 9.78 Å². The molecule has 0 aliphatic carbocycles. The van der Waals surface area contributed by atoms with E-state index in [1.165, 1.54) is 0 Å². The van der Waals surface area contributed by atoms with Crippen molar-refractivity contribution >= 4 is 63.7 Å². The highest BCUT2D eigenvalue weighted by Crippen LogP contribution is 2.43. The predicted molar refractivity (Wildman–Crippen MR) is 102 cm³/mol. The largest absolute Gasteiger partial charge is 0.338 e. The second-order valence-corrected chi connectivity index (χ2v) is 8.76. The molecular formula is C15H12Br4O4. The Morgan fingerprint density at radius 2 is 0.957 bits per heavy atom. The molecule has 0 amide bonds. The van der Waals surface area contributed by atoms with E-state index in [9.17, 15) is 0 Å². The third kappa shape index (κ3) is 3.77. The van der Waals surface area contributed by atoms with Gasteiger partial charge in [-0.3, -0.25) is 0 Å². The van der Waals surface area contributed by atoms with Crippen LogP contribution < -0.4 is 9.78 Å². The summed E-state index contributed by atoms with van der Waals surface area (Å²) in [6, 6.07) is 7.53. The van der Waals surface area contributed by atoms with Crippen LogP contribution in [-0.4, -0.2) is 10.5 Å².